The molecule has 0 spiro atoms. The molecule has 6 rings (SSSR count). The van der Waals surface area contributed by atoms with E-state index in [0.717, 1.165) is 38.5 Å². The number of carbonyl (C=O) groups excluding carboxylic acids is 3. The highest BCUT2D eigenvalue weighted by Crippen LogP contribution is 2.45. The zero-order chi connectivity index (χ0) is 36.2. The highest BCUT2D eigenvalue weighted by Gasteiger charge is 2.42. The van der Waals surface area contributed by atoms with Gasteiger partial charge in [0.25, 0.3) is 0 Å². The first-order valence-electron chi connectivity index (χ1n) is 19.6. The fourth-order valence-corrected chi connectivity index (χ4v) is 8.74. The molecule has 12 nitrogen and oxygen atoms in total. The Labute approximate surface area is 307 Å². The molecular weight excluding hydrogens is 672 g/mol. The number of rotatable bonds is 26. The van der Waals surface area contributed by atoms with Crippen molar-refractivity contribution in [2.24, 2.45) is 53.3 Å². The molecule has 12 heteroatoms. The Balaban J connectivity index is 0.836. The maximum absolute atomic E-state index is 12.5. The molecule has 0 heterocycles. The lowest BCUT2D eigenvalue weighted by atomic mass is 9.94. The SMILES string of the molecule is CCC(COCCOCCOC(=O)C1CC2C=CC1C2)(OCCOCCOC(=O)C1CC2C=CC1C2)OCCOCCOC(=O)C1CC2C=CC1C2. The molecule has 6 aliphatic rings. The van der Waals surface area contributed by atoms with E-state index in [1.54, 1.807) is 0 Å². The molecule has 0 aromatic rings. The normalized spacial score (nSPS) is 31.4. The number of ether oxygens (including phenoxy) is 9. The van der Waals surface area contributed by atoms with Crippen molar-refractivity contribution in [1.82, 2.24) is 0 Å². The molecule has 0 saturated heterocycles. The lowest BCUT2D eigenvalue weighted by Crippen LogP contribution is -2.42. The summed E-state index contributed by atoms with van der Waals surface area (Å²) in [5, 5.41) is 0. The first-order valence-corrected chi connectivity index (χ1v) is 19.6. The average molecular weight is 731 g/mol. The van der Waals surface area contributed by atoms with Crippen LogP contribution in [0.4, 0.5) is 0 Å². The number of carbonyl (C=O) groups is 3. The summed E-state index contributed by atoms with van der Waals surface area (Å²) in [5.74, 6) is 1.01. The first kappa shape index (κ1) is 39.1. The summed E-state index contributed by atoms with van der Waals surface area (Å²) in [6.45, 7) is 5.32. The van der Waals surface area contributed by atoms with Gasteiger partial charge in [-0.25, -0.2) is 0 Å². The molecular formula is C40H58O12. The predicted octanol–water partition coefficient (Wildman–Crippen LogP) is 4.46. The molecule has 0 amide bonds. The molecule has 3 fully saturated rings. The van der Waals surface area contributed by atoms with Crippen LogP contribution in [-0.4, -0.2) is 110 Å². The van der Waals surface area contributed by atoms with E-state index in [2.05, 4.69) is 36.5 Å². The summed E-state index contributed by atoms with van der Waals surface area (Å²) in [6.07, 6.45) is 19.4. The van der Waals surface area contributed by atoms with Crippen molar-refractivity contribution in [2.45, 2.75) is 57.7 Å². The van der Waals surface area contributed by atoms with Gasteiger partial charge in [-0.3, -0.25) is 14.4 Å². The van der Waals surface area contributed by atoms with Gasteiger partial charge in [0.15, 0.2) is 5.79 Å². The third-order valence-corrected chi connectivity index (χ3v) is 11.6. The van der Waals surface area contributed by atoms with Crippen molar-refractivity contribution in [3.8, 4) is 0 Å². The minimum atomic E-state index is -1.04. The van der Waals surface area contributed by atoms with Crippen LogP contribution in [0.2, 0.25) is 0 Å². The summed E-state index contributed by atoms with van der Waals surface area (Å²) >= 11 is 0. The number of hydrogen-bond acceptors (Lipinski definition) is 12. The van der Waals surface area contributed by atoms with E-state index in [1.807, 2.05) is 6.92 Å². The Morgan fingerprint density at radius 3 is 1.13 bits per heavy atom. The Bertz CT molecular complexity index is 1200. The second-order valence-corrected chi connectivity index (χ2v) is 15.0. The monoisotopic (exact) mass is 730 g/mol. The molecule has 52 heavy (non-hydrogen) atoms. The van der Waals surface area contributed by atoms with Crippen molar-refractivity contribution < 1.29 is 57.0 Å². The third-order valence-electron chi connectivity index (χ3n) is 11.6. The number of esters is 3. The highest BCUT2D eigenvalue weighted by molar-refractivity contribution is 5.75. The molecule has 9 unspecified atom stereocenters. The lowest BCUT2D eigenvalue weighted by Gasteiger charge is -2.32. The van der Waals surface area contributed by atoms with Crippen LogP contribution < -0.4 is 0 Å². The zero-order valence-corrected chi connectivity index (χ0v) is 30.7. The zero-order valence-electron chi connectivity index (χ0n) is 30.7. The summed E-state index contributed by atoms with van der Waals surface area (Å²) in [6, 6.07) is 0. The quantitative estimate of drug-likeness (QED) is 0.0409. The molecule has 0 aromatic carbocycles. The lowest BCUT2D eigenvalue weighted by molar-refractivity contribution is -0.270. The van der Waals surface area contributed by atoms with Crippen LogP contribution in [0.1, 0.15) is 51.9 Å². The van der Waals surface area contributed by atoms with Gasteiger partial charge in [0.2, 0.25) is 0 Å². The Morgan fingerprint density at radius 1 is 0.462 bits per heavy atom. The Hall–Kier alpha value is -2.61. The minimum Gasteiger partial charge on any atom is -0.463 e. The molecule has 0 radical (unpaired) electrons. The van der Waals surface area contributed by atoms with Gasteiger partial charge in [-0.05, 0) is 74.0 Å². The molecule has 9 atom stereocenters. The molecule has 290 valence electrons. The molecule has 0 N–H and O–H groups in total. The van der Waals surface area contributed by atoms with Crippen LogP contribution in [-0.2, 0) is 57.0 Å². The van der Waals surface area contributed by atoms with Crippen LogP contribution in [0.3, 0.4) is 0 Å². The minimum absolute atomic E-state index is 0.0182. The number of fused-ring (bicyclic) bond motifs is 6. The van der Waals surface area contributed by atoms with Crippen LogP contribution in [0.5, 0.6) is 0 Å². The van der Waals surface area contributed by atoms with E-state index in [9.17, 15) is 14.4 Å². The molecule has 0 aromatic heterocycles. The molecule has 3 saturated carbocycles. The van der Waals surface area contributed by atoms with Crippen LogP contribution >= 0.6 is 0 Å². The van der Waals surface area contributed by atoms with E-state index in [0.29, 0.717) is 75.0 Å². The summed E-state index contributed by atoms with van der Waals surface area (Å²) in [7, 11) is 0. The molecule has 6 aliphatic carbocycles. The summed E-state index contributed by atoms with van der Waals surface area (Å²) < 4.78 is 51.7. The van der Waals surface area contributed by atoms with Crippen LogP contribution in [0.15, 0.2) is 36.5 Å². The Kier molecular flexibility index (Phi) is 14.8. The van der Waals surface area contributed by atoms with Crippen molar-refractivity contribution in [1.29, 1.82) is 0 Å². The topological polar surface area (TPSA) is 134 Å². The maximum Gasteiger partial charge on any atom is 0.309 e. The molecule has 0 aliphatic heterocycles. The van der Waals surface area contributed by atoms with Crippen molar-refractivity contribution in [3.63, 3.8) is 0 Å². The van der Waals surface area contributed by atoms with E-state index in [1.165, 1.54) is 0 Å². The van der Waals surface area contributed by atoms with Gasteiger partial charge in [0.1, 0.15) is 26.4 Å². The standard InChI is InChI=1S/C40H58O12/c1-2-40(51-19-14-45-12-17-49-38(42)35-25-29-4-7-32(35)22-29,52-20-15-46-13-18-50-39(43)36-26-30-5-8-33(36)23-30)27-47-10-9-44-11-16-48-37(41)34-24-28-3-6-31(34)21-28/h3-8,28-36H,2,9-27H2,1H3. The van der Waals surface area contributed by atoms with Gasteiger partial charge in [0.05, 0.1) is 77.2 Å². The van der Waals surface area contributed by atoms with Gasteiger partial charge in [-0.1, -0.05) is 43.4 Å². The predicted molar refractivity (Wildman–Crippen MR) is 188 cm³/mol. The van der Waals surface area contributed by atoms with E-state index in [-0.39, 0.29) is 88.5 Å². The smallest absolute Gasteiger partial charge is 0.309 e. The Morgan fingerprint density at radius 2 is 0.808 bits per heavy atom. The largest absolute Gasteiger partial charge is 0.463 e. The summed E-state index contributed by atoms with van der Waals surface area (Å²) in [5.41, 5.74) is 0. The van der Waals surface area contributed by atoms with Gasteiger partial charge in [-0.2, -0.15) is 0 Å². The van der Waals surface area contributed by atoms with E-state index in [4.69, 9.17) is 42.6 Å². The van der Waals surface area contributed by atoms with E-state index < -0.39 is 5.79 Å². The number of allylic oxidation sites excluding steroid dienone is 6. The van der Waals surface area contributed by atoms with Crippen LogP contribution in [0, 0.1) is 53.3 Å². The van der Waals surface area contributed by atoms with Crippen molar-refractivity contribution in [3.05, 3.63) is 36.5 Å². The summed E-state index contributed by atoms with van der Waals surface area (Å²) in [4.78, 5) is 37.3. The highest BCUT2D eigenvalue weighted by atomic mass is 16.7. The second-order valence-electron chi connectivity index (χ2n) is 15.0. The fraction of sp³-hybridized carbons (Fsp3) is 0.775. The van der Waals surface area contributed by atoms with Crippen LogP contribution in [0.25, 0.3) is 0 Å². The molecule has 6 bridgehead atoms. The average Bonchev–Trinajstić information content (AvgIpc) is 4.03. The number of hydrogen-bond donors (Lipinski definition) is 0. The van der Waals surface area contributed by atoms with Gasteiger partial charge in [-0.15, -0.1) is 0 Å². The maximum atomic E-state index is 12.5. The van der Waals surface area contributed by atoms with Gasteiger partial charge >= 0.3 is 17.9 Å². The van der Waals surface area contributed by atoms with Gasteiger partial charge in [0, 0.05) is 6.42 Å². The van der Waals surface area contributed by atoms with Gasteiger partial charge < -0.3 is 42.6 Å². The van der Waals surface area contributed by atoms with E-state index >= 15 is 0 Å². The second kappa shape index (κ2) is 19.6. The third kappa shape index (κ3) is 10.8. The fourth-order valence-electron chi connectivity index (χ4n) is 8.74. The first-order chi connectivity index (χ1) is 25.4. The van der Waals surface area contributed by atoms with Crippen molar-refractivity contribution >= 4 is 17.9 Å². The van der Waals surface area contributed by atoms with Crippen molar-refractivity contribution in [2.75, 3.05) is 85.9 Å².